The number of hydrogen-bond acceptors (Lipinski definition) is 15. The number of aliphatic carboxylic acids is 1. The van der Waals surface area contributed by atoms with Gasteiger partial charge in [0.05, 0.1) is 6.54 Å². The summed E-state index contributed by atoms with van der Waals surface area (Å²) in [6, 6.07) is -1.04. The minimum absolute atomic E-state index is 0.0437. The van der Waals surface area contributed by atoms with Crippen LogP contribution in [0.5, 0.6) is 0 Å². The van der Waals surface area contributed by atoms with Crippen molar-refractivity contribution in [2.24, 2.45) is 5.16 Å². The highest BCUT2D eigenvalue weighted by atomic mass is 32.2. The number of β-lactam (4-membered cyclic amide) rings is 1. The highest BCUT2D eigenvalue weighted by Gasteiger charge is 2.54. The van der Waals surface area contributed by atoms with Crippen molar-refractivity contribution in [1.82, 2.24) is 45.6 Å². The first-order valence-electron chi connectivity index (χ1n) is 11.5. The molecular weight excluding hydrogens is 586 g/mol. The number of rotatable bonds is 11. The number of anilines is 1. The lowest BCUT2D eigenvalue weighted by Crippen LogP contribution is -2.71. The molecule has 1 saturated heterocycles. The van der Waals surface area contributed by atoms with Gasteiger partial charge >= 0.3 is 12.1 Å². The van der Waals surface area contributed by atoms with Gasteiger partial charge in [-0.3, -0.25) is 19.3 Å². The van der Waals surface area contributed by atoms with Crippen molar-refractivity contribution in [3.63, 3.8) is 0 Å². The van der Waals surface area contributed by atoms with Crippen LogP contribution in [0.3, 0.4) is 0 Å². The molecule has 2 aliphatic heterocycles. The normalized spacial score (nSPS) is 18.9. The van der Waals surface area contributed by atoms with Crippen LogP contribution in [0.15, 0.2) is 27.0 Å². The zero-order chi connectivity index (χ0) is 29.0. The number of amides is 3. The number of thioether (sulfide) groups is 2. The van der Waals surface area contributed by atoms with Crippen LogP contribution < -0.4 is 16.4 Å². The van der Waals surface area contributed by atoms with E-state index >= 15 is 0 Å². The summed E-state index contributed by atoms with van der Waals surface area (Å²) in [6.07, 6.45) is -0.921. The van der Waals surface area contributed by atoms with E-state index in [1.165, 1.54) is 36.0 Å². The molecule has 2 aromatic rings. The molecule has 1 fully saturated rings. The lowest BCUT2D eigenvalue weighted by atomic mass is 10.0. The van der Waals surface area contributed by atoms with Gasteiger partial charge in [-0.1, -0.05) is 16.9 Å². The number of fused-ring (bicyclic) bond motifs is 1. The monoisotopic (exact) mass is 611 g/mol. The van der Waals surface area contributed by atoms with Crippen LogP contribution in [-0.2, 0) is 25.8 Å². The van der Waals surface area contributed by atoms with E-state index in [9.17, 15) is 24.3 Å². The maximum Gasteiger partial charge on any atom is 0.433 e. The summed E-state index contributed by atoms with van der Waals surface area (Å²) in [5, 5.41) is 31.4. The van der Waals surface area contributed by atoms with E-state index < -0.39 is 35.3 Å². The first kappa shape index (κ1) is 29.2. The highest BCUT2D eigenvalue weighted by molar-refractivity contribution is 8.01. The molecule has 0 spiro atoms. The lowest BCUT2D eigenvalue weighted by Gasteiger charge is -2.49. The molecule has 0 saturated carbocycles. The summed E-state index contributed by atoms with van der Waals surface area (Å²) in [6.45, 7) is 1.28. The quantitative estimate of drug-likeness (QED) is 0.0776. The fraction of sp³-hybridized carbons (Fsp3) is 0.450. The number of aromatic nitrogens is 5. The number of tetrazole rings is 1. The number of nitrogens with two attached hydrogens (primary N) is 1. The Hall–Kier alpha value is -3.75. The third kappa shape index (κ3) is 6.35. The summed E-state index contributed by atoms with van der Waals surface area (Å²) in [7, 11) is 5.17. The number of nitrogen functional groups attached to an aromatic ring is 1. The number of nitrogens with one attached hydrogen (secondary N) is 2. The van der Waals surface area contributed by atoms with E-state index in [1.807, 2.05) is 19.0 Å². The van der Waals surface area contributed by atoms with Gasteiger partial charge in [-0.25, -0.2) is 19.3 Å². The Morgan fingerprint density at radius 2 is 2.15 bits per heavy atom. The standard InChI is InChI=1S/C20H25N11O6S3/c1-22-20(36)37-26-11(10-8-39-18(21)23-10)14(32)24-12-15(33)31-13(17(34)35)9(6-38-16(12)31)7-40-19-25-27-28-30(19)5-4-29(2)3/h8,12,16H,4-7H2,1-3H3,(H2,21,23)(H,22,36)(H,24,32)(H,34,35)/t12?,16-/m0/s1. The van der Waals surface area contributed by atoms with Crippen LogP contribution in [0, 0.1) is 0 Å². The Labute approximate surface area is 239 Å². The number of hydrogen-bond donors (Lipinski definition) is 4. The van der Waals surface area contributed by atoms with E-state index in [2.05, 4.69) is 41.1 Å². The van der Waals surface area contributed by atoms with Crippen LogP contribution >= 0.6 is 34.9 Å². The molecule has 0 aliphatic carbocycles. The van der Waals surface area contributed by atoms with E-state index in [-0.39, 0.29) is 28.0 Å². The average molecular weight is 612 g/mol. The summed E-state index contributed by atoms with van der Waals surface area (Å²) < 4.78 is 1.63. The van der Waals surface area contributed by atoms with Crippen LogP contribution in [0.25, 0.3) is 0 Å². The second-order valence-electron chi connectivity index (χ2n) is 8.53. The molecule has 214 valence electrons. The fourth-order valence-electron chi connectivity index (χ4n) is 3.62. The van der Waals surface area contributed by atoms with E-state index in [0.717, 1.165) is 22.8 Å². The Balaban J connectivity index is 1.47. The third-order valence-electron chi connectivity index (χ3n) is 5.57. The minimum Gasteiger partial charge on any atom is -0.477 e. The van der Waals surface area contributed by atoms with Gasteiger partial charge in [0.2, 0.25) is 5.16 Å². The SMILES string of the molecule is CNC(=O)ON=C(C(=O)NC1C(=O)N2C(C(=O)O)=C(CSc3nnnn3CCN(C)C)CS[C@@H]12)c1csc(N)n1. The molecular formula is C20H25N11O6S3. The maximum atomic E-state index is 13.1. The smallest absolute Gasteiger partial charge is 0.433 e. The first-order chi connectivity index (χ1) is 19.1. The molecule has 1 unspecified atom stereocenters. The zero-order valence-electron chi connectivity index (χ0n) is 21.4. The first-order valence-corrected chi connectivity index (χ1v) is 14.4. The third-order valence-corrected chi connectivity index (χ3v) is 8.63. The molecule has 2 atom stereocenters. The Bertz CT molecular complexity index is 1370. The molecule has 3 amide bonds. The molecule has 20 heteroatoms. The van der Waals surface area contributed by atoms with Crippen molar-refractivity contribution < 1.29 is 29.1 Å². The van der Waals surface area contributed by atoms with Crippen LogP contribution in [0.1, 0.15) is 5.69 Å². The van der Waals surface area contributed by atoms with Crippen molar-refractivity contribution in [2.75, 3.05) is 44.9 Å². The fourth-order valence-corrected chi connectivity index (χ4v) is 6.56. The molecule has 0 bridgehead atoms. The van der Waals surface area contributed by atoms with Gasteiger partial charge in [0.25, 0.3) is 11.8 Å². The predicted molar refractivity (Wildman–Crippen MR) is 145 cm³/mol. The second-order valence-corrected chi connectivity index (χ2v) is 11.5. The van der Waals surface area contributed by atoms with E-state index in [4.69, 9.17) is 5.73 Å². The van der Waals surface area contributed by atoms with Gasteiger partial charge in [0, 0.05) is 30.5 Å². The lowest BCUT2D eigenvalue weighted by molar-refractivity contribution is -0.150. The average Bonchev–Trinajstić information content (AvgIpc) is 3.56. The maximum absolute atomic E-state index is 13.1. The molecule has 4 rings (SSSR count). The largest absolute Gasteiger partial charge is 0.477 e. The van der Waals surface area contributed by atoms with Gasteiger partial charge in [-0.15, -0.1) is 28.2 Å². The van der Waals surface area contributed by atoms with Crippen molar-refractivity contribution >= 4 is 69.6 Å². The number of carbonyl (C=O) groups excluding carboxylic acids is 3. The zero-order valence-corrected chi connectivity index (χ0v) is 23.9. The van der Waals surface area contributed by atoms with Gasteiger partial charge in [-0.05, 0) is 30.1 Å². The van der Waals surface area contributed by atoms with Crippen LogP contribution in [0.2, 0.25) is 0 Å². The Morgan fingerprint density at radius 1 is 1.38 bits per heavy atom. The molecule has 0 radical (unpaired) electrons. The second kappa shape index (κ2) is 12.6. The summed E-state index contributed by atoms with van der Waals surface area (Å²) in [5.41, 5.74) is 5.71. The van der Waals surface area contributed by atoms with Crippen molar-refractivity contribution in [2.45, 2.75) is 23.1 Å². The summed E-state index contributed by atoms with van der Waals surface area (Å²) >= 11 is 3.62. The summed E-state index contributed by atoms with van der Waals surface area (Å²) in [5.74, 6) is -2.16. The van der Waals surface area contributed by atoms with Gasteiger partial charge in [-0.2, -0.15) is 0 Å². The van der Waals surface area contributed by atoms with Crippen molar-refractivity contribution in [3.05, 3.63) is 22.3 Å². The number of carbonyl (C=O) groups is 4. The number of carboxylic acid groups (broad SMARTS) is 1. The molecule has 0 aromatic carbocycles. The molecule has 17 nitrogen and oxygen atoms in total. The number of thiazole rings is 1. The van der Waals surface area contributed by atoms with E-state index in [1.54, 1.807) is 4.68 Å². The summed E-state index contributed by atoms with van der Waals surface area (Å²) in [4.78, 5) is 61.6. The highest BCUT2D eigenvalue weighted by Crippen LogP contribution is 2.41. The minimum atomic E-state index is -1.26. The number of oxime groups is 1. The Kier molecular flexibility index (Phi) is 9.22. The molecule has 4 heterocycles. The van der Waals surface area contributed by atoms with E-state index in [0.29, 0.717) is 23.0 Å². The van der Waals surface area contributed by atoms with Crippen LogP contribution in [-0.4, -0.2) is 120 Å². The van der Waals surface area contributed by atoms with Crippen molar-refractivity contribution in [3.8, 4) is 0 Å². The number of nitrogens with zero attached hydrogens (tertiary/aromatic N) is 8. The van der Waals surface area contributed by atoms with Gasteiger partial charge in [0.15, 0.2) is 10.8 Å². The van der Waals surface area contributed by atoms with Crippen molar-refractivity contribution in [1.29, 1.82) is 0 Å². The van der Waals surface area contributed by atoms with Gasteiger partial charge < -0.3 is 26.4 Å². The van der Waals surface area contributed by atoms with Crippen LogP contribution in [0.4, 0.5) is 9.93 Å². The molecule has 2 aliphatic rings. The Morgan fingerprint density at radius 3 is 2.80 bits per heavy atom. The molecule has 5 N–H and O–H groups in total. The topological polar surface area (TPSA) is 223 Å². The predicted octanol–water partition coefficient (Wildman–Crippen LogP) is -1.14. The number of carboxylic acids is 1. The molecule has 40 heavy (non-hydrogen) atoms. The number of likely N-dealkylation sites (N-methyl/N-ethyl adjacent to an activating group) is 1. The molecule has 2 aromatic heterocycles. The van der Waals surface area contributed by atoms with Gasteiger partial charge in [0.1, 0.15) is 22.8 Å².